The number of aryl methyl sites for hydroxylation is 1. The topological polar surface area (TPSA) is 109 Å². The number of carbonyl (C=O) groups is 2. The zero-order valence-electron chi connectivity index (χ0n) is 22.6. The molecular weight excluding hydrogens is 482 g/mol. The van der Waals surface area contributed by atoms with Gasteiger partial charge < -0.3 is 19.9 Å². The van der Waals surface area contributed by atoms with Gasteiger partial charge in [-0.2, -0.15) is 0 Å². The zero-order valence-corrected chi connectivity index (χ0v) is 22.6. The van der Waals surface area contributed by atoms with Crippen LogP contribution in [0.3, 0.4) is 0 Å². The molecule has 0 radical (unpaired) electrons. The maximum Gasteiger partial charge on any atom is 0.268 e. The molecule has 3 aromatic heterocycles. The molecule has 2 amide bonds. The highest BCUT2D eigenvalue weighted by molar-refractivity contribution is 5.96. The Morgan fingerprint density at radius 2 is 1.82 bits per heavy atom. The van der Waals surface area contributed by atoms with Crippen LogP contribution in [0.25, 0.3) is 16.6 Å². The molecular formula is C29H33N5O4. The number of carbonyl (C=O) groups excluding carboxylic acids is 2. The van der Waals surface area contributed by atoms with Gasteiger partial charge in [-0.05, 0) is 61.2 Å². The molecule has 0 bridgehead atoms. The van der Waals surface area contributed by atoms with Gasteiger partial charge in [-0.25, -0.2) is 4.98 Å². The van der Waals surface area contributed by atoms with E-state index in [0.29, 0.717) is 34.9 Å². The molecule has 0 aliphatic rings. The normalized spacial score (nSPS) is 11.1. The van der Waals surface area contributed by atoms with Gasteiger partial charge in [0.2, 0.25) is 0 Å². The highest BCUT2D eigenvalue weighted by Crippen LogP contribution is 2.28. The Balaban J connectivity index is 1.73. The first kappa shape index (κ1) is 26.7. The summed E-state index contributed by atoms with van der Waals surface area (Å²) in [7, 11) is 3.42. The van der Waals surface area contributed by atoms with Crippen molar-refractivity contribution in [3.8, 4) is 16.9 Å². The molecule has 4 rings (SSSR count). The van der Waals surface area contributed by atoms with Gasteiger partial charge in [0.15, 0.2) is 0 Å². The third kappa shape index (κ3) is 5.32. The minimum atomic E-state index is -0.355. The number of hydrogen-bond donors (Lipinski definition) is 2. The van der Waals surface area contributed by atoms with Gasteiger partial charge in [0.05, 0.1) is 29.9 Å². The SMILES string of the molecule is CCOc1cc(C)[nH]c(=O)c1CNC(=O)c1cc(-c2ccc(C(=O)N(C)C)cc2)cc2c(C(C)C)ncn12. The Hall–Kier alpha value is -4.40. The van der Waals surface area contributed by atoms with Crippen LogP contribution in [0.15, 0.2) is 53.6 Å². The maximum atomic E-state index is 13.5. The van der Waals surface area contributed by atoms with Gasteiger partial charge in [-0.1, -0.05) is 26.0 Å². The number of aromatic amines is 1. The fourth-order valence-corrected chi connectivity index (χ4v) is 4.36. The van der Waals surface area contributed by atoms with E-state index >= 15 is 0 Å². The Morgan fingerprint density at radius 3 is 2.45 bits per heavy atom. The zero-order chi connectivity index (χ0) is 27.6. The molecule has 9 heteroatoms. The minimum absolute atomic E-state index is 0.00256. The lowest BCUT2D eigenvalue weighted by molar-refractivity contribution is 0.0827. The number of ether oxygens (including phenoxy) is 1. The molecule has 0 aliphatic carbocycles. The van der Waals surface area contributed by atoms with Gasteiger partial charge >= 0.3 is 0 Å². The lowest BCUT2D eigenvalue weighted by Crippen LogP contribution is -2.29. The molecule has 0 spiro atoms. The molecule has 4 aromatic rings. The summed E-state index contributed by atoms with van der Waals surface area (Å²) < 4.78 is 7.41. The highest BCUT2D eigenvalue weighted by Gasteiger charge is 2.19. The second-order valence-electron chi connectivity index (χ2n) is 9.69. The summed E-state index contributed by atoms with van der Waals surface area (Å²) in [5, 5.41) is 2.88. The molecule has 0 saturated heterocycles. The quantitative estimate of drug-likeness (QED) is 0.366. The molecule has 0 unspecified atom stereocenters. The number of aromatic nitrogens is 3. The summed E-state index contributed by atoms with van der Waals surface area (Å²) in [5.74, 6) is 0.157. The summed E-state index contributed by atoms with van der Waals surface area (Å²) in [6.45, 7) is 8.13. The second-order valence-corrected chi connectivity index (χ2v) is 9.69. The Morgan fingerprint density at radius 1 is 1.11 bits per heavy atom. The largest absolute Gasteiger partial charge is 0.493 e. The Bertz CT molecular complexity index is 1550. The van der Waals surface area contributed by atoms with Crippen LogP contribution in [0, 0.1) is 6.92 Å². The van der Waals surface area contributed by atoms with E-state index < -0.39 is 0 Å². The van der Waals surface area contributed by atoms with Crippen molar-refractivity contribution in [1.29, 1.82) is 0 Å². The number of pyridine rings is 2. The van der Waals surface area contributed by atoms with E-state index in [2.05, 4.69) is 29.1 Å². The van der Waals surface area contributed by atoms with Gasteiger partial charge in [0, 0.05) is 25.4 Å². The van der Waals surface area contributed by atoms with Crippen LogP contribution in [-0.4, -0.2) is 51.8 Å². The van der Waals surface area contributed by atoms with Crippen LogP contribution in [0.4, 0.5) is 0 Å². The van der Waals surface area contributed by atoms with Crippen molar-refractivity contribution in [3.63, 3.8) is 0 Å². The van der Waals surface area contributed by atoms with Crippen LogP contribution in [0.2, 0.25) is 0 Å². The molecule has 3 heterocycles. The summed E-state index contributed by atoms with van der Waals surface area (Å²) in [4.78, 5) is 47.3. The number of imidazole rings is 1. The second kappa shape index (κ2) is 10.9. The third-order valence-corrected chi connectivity index (χ3v) is 6.28. The number of rotatable bonds is 8. The predicted molar refractivity (Wildman–Crippen MR) is 147 cm³/mol. The van der Waals surface area contributed by atoms with E-state index in [1.165, 1.54) is 4.90 Å². The smallest absolute Gasteiger partial charge is 0.268 e. The Kier molecular flexibility index (Phi) is 7.66. The summed E-state index contributed by atoms with van der Waals surface area (Å²) >= 11 is 0. The fourth-order valence-electron chi connectivity index (χ4n) is 4.36. The van der Waals surface area contributed by atoms with E-state index in [-0.39, 0.29) is 29.8 Å². The van der Waals surface area contributed by atoms with Gasteiger partial charge in [0.25, 0.3) is 17.4 Å². The first-order valence-electron chi connectivity index (χ1n) is 12.6. The standard InChI is InChI=1S/C29H33N5O4/c1-7-38-25-12-18(4)32-27(35)22(25)15-30-28(36)24-14-21(13-23-26(17(2)3)31-16-34(23)24)19-8-10-20(11-9-19)29(37)33(5)6/h8-14,16-17H,7,15H2,1-6H3,(H,30,36)(H,32,35). The summed E-state index contributed by atoms with van der Waals surface area (Å²) in [6.07, 6.45) is 1.65. The molecule has 0 saturated carbocycles. The average Bonchev–Trinajstić information content (AvgIpc) is 3.31. The molecule has 0 atom stereocenters. The monoisotopic (exact) mass is 515 g/mol. The van der Waals surface area contributed by atoms with E-state index in [0.717, 1.165) is 22.3 Å². The van der Waals surface area contributed by atoms with Crippen molar-refractivity contribution >= 4 is 17.3 Å². The molecule has 9 nitrogen and oxygen atoms in total. The number of hydrogen-bond acceptors (Lipinski definition) is 5. The summed E-state index contributed by atoms with van der Waals surface area (Å²) in [5.41, 5.74) is 5.07. The number of fused-ring (bicyclic) bond motifs is 1. The van der Waals surface area contributed by atoms with Crippen molar-refractivity contribution in [1.82, 2.24) is 24.6 Å². The maximum absolute atomic E-state index is 13.5. The van der Waals surface area contributed by atoms with E-state index in [9.17, 15) is 14.4 Å². The van der Waals surface area contributed by atoms with Crippen LogP contribution in [0.1, 0.15) is 64.5 Å². The summed E-state index contributed by atoms with van der Waals surface area (Å²) in [6, 6.07) is 12.8. The van der Waals surface area contributed by atoms with E-state index in [4.69, 9.17) is 4.74 Å². The molecule has 1 aromatic carbocycles. The first-order chi connectivity index (χ1) is 18.1. The van der Waals surface area contributed by atoms with Crippen molar-refractivity contribution in [2.75, 3.05) is 20.7 Å². The van der Waals surface area contributed by atoms with Crippen molar-refractivity contribution in [2.24, 2.45) is 0 Å². The lowest BCUT2D eigenvalue weighted by Gasteiger charge is -2.14. The van der Waals surface area contributed by atoms with Crippen LogP contribution >= 0.6 is 0 Å². The molecule has 2 N–H and O–H groups in total. The van der Waals surface area contributed by atoms with Crippen molar-refractivity contribution < 1.29 is 14.3 Å². The highest BCUT2D eigenvalue weighted by atomic mass is 16.5. The van der Waals surface area contributed by atoms with Crippen LogP contribution in [-0.2, 0) is 6.54 Å². The minimum Gasteiger partial charge on any atom is -0.493 e. The average molecular weight is 516 g/mol. The molecule has 198 valence electrons. The Labute approximate surface area is 221 Å². The predicted octanol–water partition coefficient (Wildman–Crippen LogP) is 4.15. The van der Waals surface area contributed by atoms with E-state index in [1.54, 1.807) is 56.0 Å². The van der Waals surface area contributed by atoms with E-state index in [1.807, 2.05) is 25.1 Å². The first-order valence-corrected chi connectivity index (χ1v) is 12.6. The molecule has 0 aliphatic heterocycles. The fraction of sp³-hybridized carbons (Fsp3) is 0.310. The number of amides is 2. The van der Waals surface area contributed by atoms with Gasteiger partial charge in [-0.15, -0.1) is 0 Å². The van der Waals surface area contributed by atoms with Crippen molar-refractivity contribution in [3.05, 3.63) is 87.4 Å². The molecule has 38 heavy (non-hydrogen) atoms. The molecule has 0 fully saturated rings. The van der Waals surface area contributed by atoms with Crippen LogP contribution in [0.5, 0.6) is 5.75 Å². The number of benzene rings is 1. The van der Waals surface area contributed by atoms with Gasteiger partial charge in [0.1, 0.15) is 17.8 Å². The number of nitrogens with zero attached hydrogens (tertiary/aromatic N) is 3. The number of H-pyrrole nitrogens is 1. The third-order valence-electron chi connectivity index (χ3n) is 6.28. The van der Waals surface area contributed by atoms with Gasteiger partial charge in [-0.3, -0.25) is 18.8 Å². The lowest BCUT2D eigenvalue weighted by atomic mass is 10.0. The number of nitrogens with one attached hydrogen (secondary N) is 2. The van der Waals surface area contributed by atoms with Crippen LogP contribution < -0.4 is 15.6 Å². The van der Waals surface area contributed by atoms with Crippen molar-refractivity contribution in [2.45, 2.75) is 40.2 Å².